The SMILES string of the molecule is CC(C)(C)OC(=O)N1CCN(C(=O)c2ncn(-c3ccc4c(c3)NCCO4)c2-c2ccccc2)[C@H](Cc2ccccc2)C1. The summed E-state index contributed by atoms with van der Waals surface area (Å²) < 4.78 is 13.4. The molecule has 1 N–H and O–H groups in total. The third kappa shape index (κ3) is 6.21. The largest absolute Gasteiger partial charge is 0.490 e. The van der Waals surface area contributed by atoms with E-state index in [0.29, 0.717) is 38.4 Å². The van der Waals surface area contributed by atoms with E-state index in [4.69, 9.17) is 14.5 Å². The van der Waals surface area contributed by atoms with E-state index in [9.17, 15) is 9.59 Å². The number of carbonyl (C=O) groups is 2. The first kappa shape index (κ1) is 28.3. The molecule has 2 amide bonds. The van der Waals surface area contributed by atoms with Crippen molar-refractivity contribution in [3.05, 3.63) is 96.4 Å². The van der Waals surface area contributed by atoms with E-state index in [1.54, 1.807) is 11.2 Å². The zero-order chi connectivity index (χ0) is 30.0. The number of carbonyl (C=O) groups excluding carboxylic acids is 2. The monoisotopic (exact) mass is 579 g/mol. The van der Waals surface area contributed by atoms with E-state index >= 15 is 0 Å². The number of amides is 2. The average molecular weight is 580 g/mol. The molecule has 0 spiro atoms. The fraction of sp³-hybridized carbons (Fsp3) is 0.324. The molecule has 1 fully saturated rings. The molecule has 3 heterocycles. The third-order valence-electron chi connectivity index (χ3n) is 7.64. The summed E-state index contributed by atoms with van der Waals surface area (Å²) in [4.78, 5) is 35.8. The lowest BCUT2D eigenvalue weighted by Crippen LogP contribution is -2.58. The topological polar surface area (TPSA) is 88.9 Å². The first-order valence-corrected chi connectivity index (χ1v) is 14.7. The minimum absolute atomic E-state index is 0.165. The van der Waals surface area contributed by atoms with Crippen LogP contribution in [0.1, 0.15) is 36.8 Å². The molecule has 0 bridgehead atoms. The minimum Gasteiger partial charge on any atom is -0.490 e. The van der Waals surface area contributed by atoms with Crippen LogP contribution >= 0.6 is 0 Å². The molecule has 0 saturated carbocycles. The summed E-state index contributed by atoms with van der Waals surface area (Å²) in [5.41, 5.74) is 4.25. The van der Waals surface area contributed by atoms with Crippen molar-refractivity contribution in [1.82, 2.24) is 19.4 Å². The standard InChI is InChI=1S/C34H37N5O4/c1-34(2,3)43-33(41)37-17-18-38(27(22-37)20-24-10-6-4-7-11-24)32(40)30-31(25-12-8-5-9-13-25)39(23-36-30)26-14-15-29-28(21-26)35-16-19-42-29/h4-15,21,23,27,35H,16-20,22H2,1-3H3/t27-/m1/s1. The Kier molecular flexibility index (Phi) is 7.80. The van der Waals surface area contributed by atoms with Gasteiger partial charge in [0.25, 0.3) is 5.91 Å². The maximum atomic E-state index is 14.5. The Labute approximate surface area is 252 Å². The van der Waals surface area contributed by atoms with E-state index in [1.807, 2.05) is 109 Å². The molecule has 6 rings (SSSR count). The summed E-state index contributed by atoms with van der Waals surface area (Å²) in [6, 6.07) is 25.6. The van der Waals surface area contributed by atoms with Crippen LogP contribution in [0.3, 0.4) is 0 Å². The van der Waals surface area contributed by atoms with Gasteiger partial charge in [-0.15, -0.1) is 0 Å². The number of anilines is 1. The third-order valence-corrected chi connectivity index (χ3v) is 7.64. The van der Waals surface area contributed by atoms with Gasteiger partial charge in [0.2, 0.25) is 0 Å². The van der Waals surface area contributed by atoms with Crippen LogP contribution in [-0.2, 0) is 11.2 Å². The van der Waals surface area contributed by atoms with Crippen molar-refractivity contribution in [2.75, 3.05) is 38.1 Å². The Morgan fingerprint density at radius 2 is 1.74 bits per heavy atom. The van der Waals surface area contributed by atoms with Crippen molar-refractivity contribution in [2.24, 2.45) is 0 Å². The number of hydrogen-bond donors (Lipinski definition) is 1. The molecule has 9 nitrogen and oxygen atoms in total. The van der Waals surface area contributed by atoms with Crippen molar-refractivity contribution < 1.29 is 19.1 Å². The fourth-order valence-corrected chi connectivity index (χ4v) is 5.66. The maximum Gasteiger partial charge on any atom is 0.410 e. The smallest absolute Gasteiger partial charge is 0.410 e. The molecule has 0 radical (unpaired) electrons. The van der Waals surface area contributed by atoms with Crippen LogP contribution in [0.2, 0.25) is 0 Å². The van der Waals surface area contributed by atoms with Crippen LogP contribution in [0.4, 0.5) is 10.5 Å². The predicted molar refractivity (Wildman–Crippen MR) is 166 cm³/mol. The molecule has 2 aliphatic rings. The number of nitrogens with zero attached hydrogens (tertiary/aromatic N) is 4. The maximum absolute atomic E-state index is 14.5. The number of benzene rings is 3. The number of nitrogens with one attached hydrogen (secondary N) is 1. The first-order chi connectivity index (χ1) is 20.8. The summed E-state index contributed by atoms with van der Waals surface area (Å²) in [6.45, 7) is 8.05. The van der Waals surface area contributed by atoms with Crippen LogP contribution in [0, 0.1) is 0 Å². The van der Waals surface area contributed by atoms with Crippen molar-refractivity contribution in [3.8, 4) is 22.7 Å². The summed E-state index contributed by atoms with van der Waals surface area (Å²) in [5, 5.41) is 3.39. The molecular formula is C34H37N5O4. The lowest BCUT2D eigenvalue weighted by Gasteiger charge is -2.41. The van der Waals surface area contributed by atoms with Crippen LogP contribution in [0.15, 0.2) is 85.2 Å². The lowest BCUT2D eigenvalue weighted by atomic mass is 10.0. The highest BCUT2D eigenvalue weighted by Gasteiger charge is 2.37. The van der Waals surface area contributed by atoms with Crippen LogP contribution in [0.5, 0.6) is 5.75 Å². The molecule has 4 aromatic rings. The zero-order valence-corrected chi connectivity index (χ0v) is 24.8. The number of imidazole rings is 1. The van der Waals surface area contributed by atoms with Crippen LogP contribution in [0.25, 0.3) is 16.9 Å². The molecule has 1 atom stereocenters. The van der Waals surface area contributed by atoms with Gasteiger partial charge in [-0.3, -0.25) is 9.36 Å². The molecule has 43 heavy (non-hydrogen) atoms. The second-order valence-corrected chi connectivity index (χ2v) is 11.9. The van der Waals surface area contributed by atoms with Gasteiger partial charge < -0.3 is 24.6 Å². The van der Waals surface area contributed by atoms with Gasteiger partial charge in [0.1, 0.15) is 24.3 Å². The zero-order valence-electron chi connectivity index (χ0n) is 24.8. The lowest BCUT2D eigenvalue weighted by molar-refractivity contribution is 0.00429. The minimum atomic E-state index is -0.602. The fourth-order valence-electron chi connectivity index (χ4n) is 5.66. The molecule has 0 aliphatic carbocycles. The van der Waals surface area contributed by atoms with Crippen molar-refractivity contribution in [1.29, 1.82) is 0 Å². The highest BCUT2D eigenvalue weighted by molar-refractivity contribution is 5.99. The van der Waals surface area contributed by atoms with Gasteiger partial charge in [-0.1, -0.05) is 60.7 Å². The normalized spacial score (nSPS) is 16.6. The van der Waals surface area contributed by atoms with Crippen LogP contribution < -0.4 is 10.1 Å². The van der Waals surface area contributed by atoms with E-state index in [2.05, 4.69) is 5.32 Å². The Bertz CT molecular complexity index is 1600. The summed E-state index contributed by atoms with van der Waals surface area (Å²) in [7, 11) is 0. The molecule has 9 heteroatoms. The van der Waals surface area contributed by atoms with Crippen molar-refractivity contribution in [3.63, 3.8) is 0 Å². The first-order valence-electron chi connectivity index (χ1n) is 14.7. The highest BCUT2D eigenvalue weighted by atomic mass is 16.6. The van der Waals surface area contributed by atoms with Gasteiger partial charge >= 0.3 is 6.09 Å². The van der Waals surface area contributed by atoms with Gasteiger partial charge in [0.05, 0.1) is 17.4 Å². The second-order valence-electron chi connectivity index (χ2n) is 11.9. The van der Waals surface area contributed by atoms with Crippen molar-refractivity contribution >= 4 is 17.7 Å². The van der Waals surface area contributed by atoms with E-state index in [0.717, 1.165) is 40.5 Å². The van der Waals surface area contributed by atoms with Crippen molar-refractivity contribution in [2.45, 2.75) is 38.8 Å². The molecular weight excluding hydrogens is 542 g/mol. The Morgan fingerprint density at radius 3 is 2.49 bits per heavy atom. The Morgan fingerprint density at radius 1 is 1.00 bits per heavy atom. The average Bonchev–Trinajstić information content (AvgIpc) is 3.46. The van der Waals surface area contributed by atoms with E-state index in [-0.39, 0.29) is 18.0 Å². The summed E-state index contributed by atoms with van der Waals surface area (Å²) in [5.74, 6) is 0.640. The number of ether oxygens (including phenoxy) is 2. The number of fused-ring (bicyclic) bond motifs is 1. The molecule has 0 unspecified atom stereocenters. The predicted octanol–water partition coefficient (Wildman–Crippen LogP) is 5.65. The second kappa shape index (κ2) is 11.8. The molecule has 1 aromatic heterocycles. The van der Waals surface area contributed by atoms with Gasteiger partial charge in [-0.25, -0.2) is 9.78 Å². The number of rotatable bonds is 5. The molecule has 2 aliphatic heterocycles. The summed E-state index contributed by atoms with van der Waals surface area (Å²) in [6.07, 6.45) is 1.95. The Hall–Kier alpha value is -4.79. The van der Waals surface area contributed by atoms with Gasteiger partial charge in [0, 0.05) is 37.4 Å². The molecule has 222 valence electrons. The quantitative estimate of drug-likeness (QED) is 0.329. The van der Waals surface area contributed by atoms with Gasteiger partial charge in [0.15, 0.2) is 5.69 Å². The molecule has 3 aromatic carbocycles. The van der Waals surface area contributed by atoms with Crippen LogP contribution in [-0.4, -0.2) is 75.8 Å². The van der Waals surface area contributed by atoms with Gasteiger partial charge in [-0.05, 0) is 51.0 Å². The Balaban J connectivity index is 1.36. The number of hydrogen-bond acceptors (Lipinski definition) is 6. The summed E-state index contributed by atoms with van der Waals surface area (Å²) >= 11 is 0. The number of piperazine rings is 1. The highest BCUT2D eigenvalue weighted by Crippen LogP contribution is 2.33. The van der Waals surface area contributed by atoms with Gasteiger partial charge in [-0.2, -0.15) is 0 Å². The van der Waals surface area contributed by atoms with E-state index in [1.165, 1.54) is 0 Å². The molecule has 1 saturated heterocycles. The van der Waals surface area contributed by atoms with E-state index < -0.39 is 5.60 Å². The number of aromatic nitrogens is 2.